The summed E-state index contributed by atoms with van der Waals surface area (Å²) in [4.78, 5) is 6.48. The van der Waals surface area contributed by atoms with Crippen LogP contribution >= 0.6 is 15.9 Å². The number of nitrogens with zero attached hydrogens (tertiary/aromatic N) is 2. The van der Waals surface area contributed by atoms with Gasteiger partial charge in [0, 0.05) is 43.8 Å². The predicted molar refractivity (Wildman–Crippen MR) is 101 cm³/mol. The minimum absolute atomic E-state index is 0.0583. The molecular weight excluding hydrogens is 413 g/mol. The van der Waals surface area contributed by atoms with E-state index in [9.17, 15) is 13.2 Å². The molecule has 9 heteroatoms. The van der Waals surface area contributed by atoms with Crippen LogP contribution in [0.4, 0.5) is 18.9 Å². The highest BCUT2D eigenvalue weighted by atomic mass is 79.9. The largest absolute Gasteiger partial charge is 0.411 e. The van der Waals surface area contributed by atoms with Gasteiger partial charge in [-0.05, 0) is 40.9 Å². The van der Waals surface area contributed by atoms with Gasteiger partial charge in [0.2, 0.25) is 0 Å². The van der Waals surface area contributed by atoms with Crippen molar-refractivity contribution < 1.29 is 17.9 Å². The second kappa shape index (κ2) is 10.0. The van der Waals surface area contributed by atoms with E-state index in [1.807, 2.05) is 18.2 Å². The molecule has 0 bridgehead atoms. The van der Waals surface area contributed by atoms with Crippen molar-refractivity contribution in [2.24, 2.45) is 4.99 Å². The molecule has 26 heavy (non-hydrogen) atoms. The molecule has 0 aliphatic carbocycles. The van der Waals surface area contributed by atoms with Crippen LogP contribution in [0.15, 0.2) is 33.7 Å². The summed E-state index contributed by atoms with van der Waals surface area (Å²) in [5.41, 5.74) is 1.17. The van der Waals surface area contributed by atoms with Gasteiger partial charge in [-0.1, -0.05) is 12.1 Å². The highest BCUT2D eigenvalue weighted by Crippen LogP contribution is 2.28. The fourth-order valence-electron chi connectivity index (χ4n) is 2.76. The van der Waals surface area contributed by atoms with Crippen LogP contribution in [0.25, 0.3) is 0 Å². The molecule has 2 N–H and O–H groups in total. The molecule has 1 unspecified atom stereocenters. The highest BCUT2D eigenvalue weighted by Gasteiger charge is 2.27. The molecule has 2 rings (SSSR count). The second-order valence-electron chi connectivity index (χ2n) is 6.05. The number of halogens is 4. The Balaban J connectivity index is 1.68. The van der Waals surface area contributed by atoms with E-state index < -0.39 is 12.8 Å². The summed E-state index contributed by atoms with van der Waals surface area (Å²) in [7, 11) is 1.68. The summed E-state index contributed by atoms with van der Waals surface area (Å²) >= 11 is 3.58. The van der Waals surface area contributed by atoms with Crippen molar-refractivity contribution in [2.75, 3.05) is 44.8 Å². The van der Waals surface area contributed by atoms with Crippen LogP contribution in [-0.2, 0) is 4.74 Å². The minimum Gasteiger partial charge on any atom is -0.372 e. The van der Waals surface area contributed by atoms with E-state index in [1.54, 1.807) is 7.05 Å². The number of aliphatic imine (C=N–C) groups is 1. The van der Waals surface area contributed by atoms with Gasteiger partial charge in [-0.2, -0.15) is 13.2 Å². The molecule has 1 aliphatic rings. The monoisotopic (exact) mass is 436 g/mol. The van der Waals surface area contributed by atoms with Crippen molar-refractivity contribution in [3.05, 3.63) is 28.7 Å². The van der Waals surface area contributed by atoms with Crippen LogP contribution in [-0.4, -0.2) is 58.1 Å². The number of hydrogen-bond donors (Lipinski definition) is 2. The number of para-hydroxylation sites is 1. The molecular formula is C17H24BrF3N4O. The molecule has 1 atom stereocenters. The van der Waals surface area contributed by atoms with Gasteiger partial charge in [-0.15, -0.1) is 0 Å². The van der Waals surface area contributed by atoms with Gasteiger partial charge in [0.1, 0.15) is 6.61 Å². The molecule has 1 aliphatic heterocycles. The van der Waals surface area contributed by atoms with Gasteiger partial charge < -0.3 is 20.3 Å². The molecule has 0 radical (unpaired) electrons. The number of ether oxygens (including phenoxy) is 1. The maximum Gasteiger partial charge on any atom is 0.411 e. The first kappa shape index (κ1) is 20.8. The third-order valence-corrected chi connectivity index (χ3v) is 4.64. The van der Waals surface area contributed by atoms with Gasteiger partial charge in [0.25, 0.3) is 0 Å². The topological polar surface area (TPSA) is 48.9 Å². The maximum absolute atomic E-state index is 12.0. The Morgan fingerprint density at radius 2 is 2.15 bits per heavy atom. The molecule has 1 heterocycles. The number of alkyl halides is 3. The summed E-state index contributed by atoms with van der Waals surface area (Å²) in [6.45, 7) is 1.16. The zero-order chi connectivity index (χ0) is 19.0. The van der Waals surface area contributed by atoms with E-state index in [4.69, 9.17) is 0 Å². The lowest BCUT2D eigenvalue weighted by Gasteiger charge is -2.21. The number of rotatable bonds is 7. The van der Waals surface area contributed by atoms with E-state index in [0.717, 1.165) is 24.0 Å². The van der Waals surface area contributed by atoms with Crippen molar-refractivity contribution >= 4 is 27.6 Å². The van der Waals surface area contributed by atoms with Crippen molar-refractivity contribution in [1.29, 1.82) is 0 Å². The first-order valence-corrected chi connectivity index (χ1v) is 9.29. The standard InChI is InChI=1S/C17H24BrF3N4O/c1-22-16(23-8-4-10-26-12-17(19,20)21)24-13-7-9-25(11-13)15-6-3-2-5-14(15)18/h2-3,5-6,13H,4,7-12H2,1H3,(H2,22,23,24). The molecule has 1 fully saturated rings. The Kier molecular flexibility index (Phi) is 8.02. The van der Waals surface area contributed by atoms with Gasteiger partial charge in [0.05, 0.1) is 5.69 Å². The summed E-state index contributed by atoms with van der Waals surface area (Å²) in [6, 6.07) is 8.37. The summed E-state index contributed by atoms with van der Waals surface area (Å²) in [5, 5.41) is 6.47. The van der Waals surface area contributed by atoms with Crippen LogP contribution in [0.1, 0.15) is 12.8 Å². The number of benzene rings is 1. The van der Waals surface area contributed by atoms with Crippen molar-refractivity contribution in [3.63, 3.8) is 0 Å². The zero-order valence-electron chi connectivity index (χ0n) is 14.7. The Bertz CT molecular complexity index is 598. The van der Waals surface area contributed by atoms with Gasteiger partial charge in [0.15, 0.2) is 5.96 Å². The summed E-state index contributed by atoms with van der Waals surface area (Å²) < 4.78 is 41.6. The average molecular weight is 437 g/mol. The Morgan fingerprint density at radius 3 is 2.85 bits per heavy atom. The molecule has 1 saturated heterocycles. The lowest BCUT2D eigenvalue weighted by Crippen LogP contribution is -2.45. The quantitative estimate of drug-likeness (QED) is 0.391. The lowest BCUT2D eigenvalue weighted by atomic mass is 10.2. The molecule has 0 amide bonds. The van der Waals surface area contributed by atoms with Gasteiger partial charge in [-0.3, -0.25) is 4.99 Å². The fourth-order valence-corrected chi connectivity index (χ4v) is 3.30. The van der Waals surface area contributed by atoms with Gasteiger partial charge >= 0.3 is 6.18 Å². The molecule has 146 valence electrons. The smallest absolute Gasteiger partial charge is 0.372 e. The summed E-state index contributed by atoms with van der Waals surface area (Å²) in [5.74, 6) is 0.653. The van der Waals surface area contributed by atoms with E-state index in [1.165, 1.54) is 5.69 Å². The van der Waals surface area contributed by atoms with Crippen molar-refractivity contribution in [2.45, 2.75) is 25.1 Å². The predicted octanol–water partition coefficient (Wildman–Crippen LogP) is 3.16. The van der Waals surface area contributed by atoms with Crippen LogP contribution in [0, 0.1) is 0 Å². The van der Waals surface area contributed by atoms with Crippen LogP contribution in [0.5, 0.6) is 0 Å². The number of hydrogen-bond acceptors (Lipinski definition) is 3. The SMILES string of the molecule is CN=C(NCCCOCC(F)(F)F)NC1CCN(c2ccccc2Br)C1. The molecule has 0 aromatic heterocycles. The van der Waals surface area contributed by atoms with Crippen LogP contribution in [0.3, 0.4) is 0 Å². The molecule has 1 aromatic rings. The highest BCUT2D eigenvalue weighted by molar-refractivity contribution is 9.10. The fraction of sp³-hybridized carbons (Fsp3) is 0.588. The number of guanidine groups is 1. The van der Waals surface area contributed by atoms with Crippen LogP contribution in [0.2, 0.25) is 0 Å². The average Bonchev–Trinajstić information content (AvgIpc) is 3.04. The third-order valence-electron chi connectivity index (χ3n) is 3.97. The van der Waals surface area contributed by atoms with Gasteiger partial charge in [-0.25, -0.2) is 0 Å². The maximum atomic E-state index is 12.0. The third kappa shape index (κ3) is 7.03. The number of anilines is 1. The molecule has 1 aromatic carbocycles. The normalized spacial score (nSPS) is 18.3. The second-order valence-corrected chi connectivity index (χ2v) is 6.90. The molecule has 0 spiro atoms. The summed E-state index contributed by atoms with van der Waals surface area (Å²) in [6.07, 6.45) is -2.81. The first-order valence-electron chi connectivity index (χ1n) is 8.50. The van der Waals surface area contributed by atoms with E-state index >= 15 is 0 Å². The molecule has 0 saturated carbocycles. The van der Waals surface area contributed by atoms with Crippen LogP contribution < -0.4 is 15.5 Å². The lowest BCUT2D eigenvalue weighted by molar-refractivity contribution is -0.173. The first-order chi connectivity index (χ1) is 12.4. The Hall–Kier alpha value is -1.48. The van der Waals surface area contributed by atoms with E-state index in [0.29, 0.717) is 18.9 Å². The van der Waals surface area contributed by atoms with E-state index in [-0.39, 0.29) is 12.6 Å². The Morgan fingerprint density at radius 1 is 1.38 bits per heavy atom. The van der Waals surface area contributed by atoms with Crippen molar-refractivity contribution in [1.82, 2.24) is 10.6 Å². The number of nitrogens with one attached hydrogen (secondary N) is 2. The zero-order valence-corrected chi connectivity index (χ0v) is 16.2. The van der Waals surface area contributed by atoms with E-state index in [2.05, 4.69) is 47.3 Å². The van der Waals surface area contributed by atoms with Crippen molar-refractivity contribution in [3.8, 4) is 0 Å². The molecule has 5 nitrogen and oxygen atoms in total. The Labute approximate surface area is 160 Å². The minimum atomic E-state index is -4.27.